The van der Waals surface area contributed by atoms with Crippen LogP contribution in [0.2, 0.25) is 0 Å². The van der Waals surface area contributed by atoms with Gasteiger partial charge < -0.3 is 14.8 Å². The maximum Gasteiger partial charge on any atom is 0.234 e. The second kappa shape index (κ2) is 9.67. The number of imidazole rings is 1. The molecule has 3 rings (SSSR count). The molecule has 0 radical (unpaired) electrons. The van der Waals surface area contributed by atoms with Crippen molar-refractivity contribution in [3.05, 3.63) is 54.1 Å². The standard InChI is InChI=1S/C21H31N5O/c1-18-22-10-14-26(18)13-9-20(19-7-4-3-5-8-19)23-21(27)17-25-12-6-11-24(2)15-16-25/h3-5,7-8,10,14,20H,6,9,11-13,15-17H2,1-2H3,(H,23,27). The van der Waals surface area contributed by atoms with Gasteiger partial charge in [0.1, 0.15) is 5.82 Å². The van der Waals surface area contributed by atoms with Crippen LogP contribution in [0.5, 0.6) is 0 Å². The summed E-state index contributed by atoms with van der Waals surface area (Å²) in [6.07, 6.45) is 5.77. The summed E-state index contributed by atoms with van der Waals surface area (Å²) in [4.78, 5) is 21.6. The molecule has 1 amide bonds. The van der Waals surface area contributed by atoms with Gasteiger partial charge >= 0.3 is 0 Å². The third kappa shape index (κ3) is 5.91. The number of hydrogen-bond acceptors (Lipinski definition) is 4. The number of rotatable bonds is 7. The van der Waals surface area contributed by atoms with Gasteiger partial charge in [-0.25, -0.2) is 4.98 Å². The molecule has 1 aromatic carbocycles. The van der Waals surface area contributed by atoms with Crippen LogP contribution in [0, 0.1) is 6.92 Å². The van der Waals surface area contributed by atoms with Gasteiger partial charge in [-0.3, -0.25) is 9.69 Å². The molecule has 2 heterocycles. The number of carbonyl (C=O) groups excluding carboxylic acids is 1. The van der Waals surface area contributed by atoms with Crippen LogP contribution in [0.25, 0.3) is 0 Å². The number of nitrogens with zero attached hydrogens (tertiary/aromatic N) is 4. The zero-order valence-electron chi connectivity index (χ0n) is 16.5. The maximum absolute atomic E-state index is 12.7. The quantitative estimate of drug-likeness (QED) is 0.812. The molecule has 6 nitrogen and oxygen atoms in total. The summed E-state index contributed by atoms with van der Waals surface area (Å²) in [5.74, 6) is 1.11. The second-order valence-corrected chi connectivity index (χ2v) is 7.42. The normalized spacial score (nSPS) is 17.4. The maximum atomic E-state index is 12.7. The first kappa shape index (κ1) is 19.6. The van der Waals surface area contributed by atoms with Crippen LogP contribution in [-0.4, -0.2) is 65.0 Å². The second-order valence-electron chi connectivity index (χ2n) is 7.42. The molecule has 0 aliphatic carbocycles. The molecule has 1 unspecified atom stereocenters. The first-order chi connectivity index (χ1) is 13.1. The SMILES string of the molecule is Cc1nccn1CCC(NC(=O)CN1CCCN(C)CC1)c1ccccc1. The summed E-state index contributed by atoms with van der Waals surface area (Å²) in [5.41, 5.74) is 1.15. The molecule has 0 saturated carbocycles. The molecule has 0 bridgehead atoms. The summed E-state index contributed by atoms with van der Waals surface area (Å²) in [5, 5.41) is 3.27. The Morgan fingerprint density at radius 2 is 2.00 bits per heavy atom. The van der Waals surface area contributed by atoms with Crippen LogP contribution in [-0.2, 0) is 11.3 Å². The molecular formula is C21H31N5O. The van der Waals surface area contributed by atoms with E-state index >= 15 is 0 Å². The summed E-state index contributed by atoms with van der Waals surface area (Å²) >= 11 is 0. The monoisotopic (exact) mass is 369 g/mol. The Morgan fingerprint density at radius 1 is 1.19 bits per heavy atom. The molecule has 1 fully saturated rings. The first-order valence-corrected chi connectivity index (χ1v) is 9.85. The Kier molecular flexibility index (Phi) is 7.01. The molecule has 1 aliphatic rings. The Balaban J connectivity index is 1.60. The lowest BCUT2D eigenvalue weighted by molar-refractivity contribution is -0.123. The van der Waals surface area contributed by atoms with Crippen molar-refractivity contribution in [3.8, 4) is 0 Å². The summed E-state index contributed by atoms with van der Waals surface area (Å²) < 4.78 is 2.13. The number of nitrogens with one attached hydrogen (secondary N) is 1. The van der Waals surface area contributed by atoms with E-state index in [-0.39, 0.29) is 11.9 Å². The Bertz CT molecular complexity index is 714. The zero-order valence-corrected chi connectivity index (χ0v) is 16.5. The lowest BCUT2D eigenvalue weighted by atomic mass is 10.0. The van der Waals surface area contributed by atoms with E-state index in [0.717, 1.165) is 57.0 Å². The minimum atomic E-state index is 0.00940. The number of aryl methyl sites for hydroxylation is 2. The van der Waals surface area contributed by atoms with Crippen LogP contribution in [0.3, 0.4) is 0 Å². The molecule has 27 heavy (non-hydrogen) atoms. The highest BCUT2D eigenvalue weighted by Crippen LogP contribution is 2.18. The fourth-order valence-electron chi connectivity index (χ4n) is 3.62. The van der Waals surface area contributed by atoms with Gasteiger partial charge in [-0.1, -0.05) is 30.3 Å². The Hall–Kier alpha value is -2.18. The lowest BCUT2D eigenvalue weighted by Crippen LogP contribution is -2.40. The van der Waals surface area contributed by atoms with Gasteiger partial charge in [0.25, 0.3) is 0 Å². The van der Waals surface area contributed by atoms with Gasteiger partial charge in [-0.2, -0.15) is 0 Å². The molecule has 1 atom stereocenters. The van der Waals surface area contributed by atoms with E-state index in [2.05, 4.69) is 43.8 Å². The molecule has 1 aromatic heterocycles. The highest BCUT2D eigenvalue weighted by Gasteiger charge is 2.19. The molecule has 0 spiro atoms. The van der Waals surface area contributed by atoms with Crippen LogP contribution in [0.4, 0.5) is 0 Å². The van der Waals surface area contributed by atoms with Crippen molar-refractivity contribution in [1.29, 1.82) is 0 Å². The topological polar surface area (TPSA) is 53.4 Å². The number of benzene rings is 1. The summed E-state index contributed by atoms with van der Waals surface area (Å²) in [7, 11) is 2.15. The van der Waals surface area contributed by atoms with E-state index < -0.39 is 0 Å². The van der Waals surface area contributed by atoms with E-state index in [4.69, 9.17) is 0 Å². The smallest absolute Gasteiger partial charge is 0.234 e. The lowest BCUT2D eigenvalue weighted by Gasteiger charge is -2.23. The Morgan fingerprint density at radius 3 is 2.74 bits per heavy atom. The van der Waals surface area contributed by atoms with E-state index in [9.17, 15) is 4.79 Å². The highest BCUT2D eigenvalue weighted by atomic mass is 16.2. The van der Waals surface area contributed by atoms with Crippen LogP contribution in [0.15, 0.2) is 42.7 Å². The van der Waals surface area contributed by atoms with Gasteiger partial charge in [-0.05, 0) is 45.5 Å². The van der Waals surface area contributed by atoms with Crippen molar-refractivity contribution >= 4 is 5.91 Å². The first-order valence-electron chi connectivity index (χ1n) is 9.85. The van der Waals surface area contributed by atoms with Crippen LogP contribution in [0.1, 0.15) is 30.3 Å². The predicted octanol–water partition coefficient (Wildman–Crippen LogP) is 2.08. The molecule has 1 aliphatic heterocycles. The molecule has 1 saturated heterocycles. The number of likely N-dealkylation sites (N-methyl/N-ethyl adjacent to an activating group) is 1. The summed E-state index contributed by atoms with van der Waals surface area (Å²) in [6, 6.07) is 10.3. The van der Waals surface area contributed by atoms with Crippen LogP contribution < -0.4 is 5.32 Å². The third-order valence-electron chi connectivity index (χ3n) is 5.30. The van der Waals surface area contributed by atoms with Gasteiger partial charge in [0.15, 0.2) is 0 Å². The molecule has 6 heteroatoms. The van der Waals surface area contributed by atoms with E-state index in [1.165, 1.54) is 0 Å². The number of amides is 1. The van der Waals surface area contributed by atoms with Crippen molar-refractivity contribution in [2.24, 2.45) is 0 Å². The van der Waals surface area contributed by atoms with E-state index in [1.807, 2.05) is 37.5 Å². The van der Waals surface area contributed by atoms with Crippen molar-refractivity contribution < 1.29 is 4.79 Å². The average molecular weight is 370 g/mol. The van der Waals surface area contributed by atoms with Gasteiger partial charge in [0, 0.05) is 32.0 Å². The molecular weight excluding hydrogens is 338 g/mol. The minimum absolute atomic E-state index is 0.00940. The predicted molar refractivity (Wildman–Crippen MR) is 107 cm³/mol. The van der Waals surface area contributed by atoms with Gasteiger partial charge in [0.05, 0.1) is 12.6 Å². The van der Waals surface area contributed by atoms with Crippen molar-refractivity contribution in [1.82, 2.24) is 24.7 Å². The fourth-order valence-corrected chi connectivity index (χ4v) is 3.62. The molecule has 146 valence electrons. The number of carbonyl (C=O) groups is 1. The van der Waals surface area contributed by atoms with Crippen molar-refractivity contribution in [2.45, 2.75) is 32.4 Å². The van der Waals surface area contributed by atoms with Gasteiger partial charge in [0.2, 0.25) is 5.91 Å². The van der Waals surface area contributed by atoms with Crippen molar-refractivity contribution in [3.63, 3.8) is 0 Å². The van der Waals surface area contributed by atoms with Crippen LogP contribution >= 0.6 is 0 Å². The highest BCUT2D eigenvalue weighted by molar-refractivity contribution is 5.78. The largest absolute Gasteiger partial charge is 0.348 e. The van der Waals surface area contributed by atoms with Crippen molar-refractivity contribution in [2.75, 3.05) is 39.8 Å². The average Bonchev–Trinajstić information content (AvgIpc) is 2.97. The summed E-state index contributed by atoms with van der Waals surface area (Å²) in [6.45, 7) is 7.38. The number of aromatic nitrogens is 2. The fraction of sp³-hybridized carbons (Fsp3) is 0.524. The zero-order chi connectivity index (χ0) is 19.1. The number of hydrogen-bond donors (Lipinski definition) is 1. The third-order valence-corrected chi connectivity index (χ3v) is 5.30. The van der Waals surface area contributed by atoms with Gasteiger partial charge in [-0.15, -0.1) is 0 Å². The van der Waals surface area contributed by atoms with E-state index in [0.29, 0.717) is 6.54 Å². The molecule has 1 N–H and O–H groups in total. The molecule has 2 aromatic rings. The minimum Gasteiger partial charge on any atom is -0.348 e. The van der Waals surface area contributed by atoms with E-state index in [1.54, 1.807) is 0 Å². The Labute approximate surface area is 162 Å².